The van der Waals surface area contributed by atoms with E-state index in [-0.39, 0.29) is 0 Å². The fraction of sp³-hybridized carbons (Fsp3) is 0.143. The van der Waals surface area contributed by atoms with Gasteiger partial charge < -0.3 is 4.74 Å². The number of pyridine rings is 1. The van der Waals surface area contributed by atoms with Crippen LogP contribution < -0.4 is 4.74 Å². The van der Waals surface area contributed by atoms with Gasteiger partial charge >= 0.3 is 0 Å². The molecule has 0 N–H and O–H groups in total. The summed E-state index contributed by atoms with van der Waals surface area (Å²) in [6.07, 6.45) is 4.74. The summed E-state index contributed by atoms with van der Waals surface area (Å²) in [4.78, 5) is 9.68. The molecule has 3 aromatic rings. The summed E-state index contributed by atoms with van der Waals surface area (Å²) in [6.45, 7) is 0.742. The predicted octanol–water partition coefficient (Wildman–Crippen LogP) is 3.29. The lowest BCUT2D eigenvalue weighted by molar-refractivity contribution is 0.345. The van der Waals surface area contributed by atoms with E-state index in [4.69, 9.17) is 4.74 Å². The normalized spacial score (nSPS) is 13.6. The molecule has 0 aliphatic carbocycles. The molecule has 2 aromatic heterocycles. The van der Waals surface area contributed by atoms with Gasteiger partial charge in [-0.2, -0.15) is 0 Å². The molecule has 1 aliphatic heterocycles. The maximum absolute atomic E-state index is 5.52. The van der Waals surface area contributed by atoms with E-state index in [1.807, 2.05) is 17.9 Å². The van der Waals surface area contributed by atoms with Crippen LogP contribution in [0.3, 0.4) is 0 Å². The van der Waals surface area contributed by atoms with Crippen LogP contribution in [0.4, 0.5) is 0 Å². The van der Waals surface area contributed by atoms with Gasteiger partial charge in [0.05, 0.1) is 17.0 Å². The summed E-state index contributed by atoms with van der Waals surface area (Å²) in [6, 6.07) is 6.47. The van der Waals surface area contributed by atoms with Crippen molar-refractivity contribution in [3.05, 3.63) is 41.7 Å². The van der Waals surface area contributed by atoms with Crippen LogP contribution in [0.15, 0.2) is 36.1 Å². The molecule has 0 bridgehead atoms. The van der Waals surface area contributed by atoms with Gasteiger partial charge in [-0.1, -0.05) is 12.1 Å². The Balaban J connectivity index is 1.99. The Kier molecular flexibility index (Phi) is 2.11. The third-order valence-corrected chi connectivity index (χ3v) is 4.09. The summed E-state index contributed by atoms with van der Waals surface area (Å²) in [7, 11) is 0. The van der Waals surface area contributed by atoms with Gasteiger partial charge in [0.15, 0.2) is 0 Å². The standard InChI is InChI=1S/C14H10N2OS/c1-2-10-6-16-14-11(3-4-17-14)12(10)5-9(1)13-7-15-8-18-13/h1-2,5-8H,3-4H2. The number of fused-ring (bicyclic) bond motifs is 3. The first kappa shape index (κ1) is 10.0. The average Bonchev–Trinajstić information content (AvgIpc) is 3.09. The van der Waals surface area contributed by atoms with Crippen LogP contribution in [0.5, 0.6) is 5.88 Å². The monoisotopic (exact) mass is 254 g/mol. The minimum Gasteiger partial charge on any atom is -0.477 e. The molecule has 0 radical (unpaired) electrons. The first-order valence-corrected chi connectivity index (χ1v) is 6.73. The van der Waals surface area contributed by atoms with Gasteiger partial charge in [-0.05, 0) is 17.0 Å². The fourth-order valence-electron chi connectivity index (χ4n) is 2.38. The van der Waals surface area contributed by atoms with Gasteiger partial charge in [0.2, 0.25) is 5.88 Å². The van der Waals surface area contributed by atoms with E-state index >= 15 is 0 Å². The molecule has 0 unspecified atom stereocenters. The van der Waals surface area contributed by atoms with E-state index in [2.05, 4.69) is 28.2 Å². The maximum Gasteiger partial charge on any atom is 0.217 e. The number of hydrogen-bond donors (Lipinski definition) is 0. The highest BCUT2D eigenvalue weighted by Crippen LogP contribution is 2.33. The number of thiazole rings is 1. The zero-order chi connectivity index (χ0) is 11.9. The number of hydrogen-bond acceptors (Lipinski definition) is 4. The van der Waals surface area contributed by atoms with Crippen LogP contribution in [-0.2, 0) is 6.42 Å². The lowest BCUT2D eigenvalue weighted by Gasteiger charge is -2.05. The highest BCUT2D eigenvalue weighted by Gasteiger charge is 2.17. The third-order valence-electron chi connectivity index (χ3n) is 3.27. The van der Waals surface area contributed by atoms with Crippen molar-refractivity contribution >= 4 is 22.1 Å². The largest absolute Gasteiger partial charge is 0.477 e. The highest BCUT2D eigenvalue weighted by molar-refractivity contribution is 7.13. The Hall–Kier alpha value is -1.94. The molecule has 0 atom stereocenters. The Labute approximate surface area is 108 Å². The number of ether oxygens (including phenoxy) is 1. The van der Waals surface area contributed by atoms with Crippen molar-refractivity contribution in [2.24, 2.45) is 0 Å². The van der Waals surface area contributed by atoms with Crippen LogP contribution in [0.1, 0.15) is 5.56 Å². The summed E-state index contributed by atoms with van der Waals surface area (Å²) in [5.74, 6) is 0.795. The molecular formula is C14H10N2OS. The smallest absolute Gasteiger partial charge is 0.217 e. The molecule has 0 amide bonds. The van der Waals surface area contributed by atoms with E-state index in [9.17, 15) is 0 Å². The minimum absolute atomic E-state index is 0.742. The van der Waals surface area contributed by atoms with Crippen LogP contribution in [0.25, 0.3) is 21.2 Å². The van der Waals surface area contributed by atoms with Crippen molar-refractivity contribution in [2.75, 3.05) is 6.61 Å². The van der Waals surface area contributed by atoms with Gasteiger partial charge in [-0.3, -0.25) is 4.98 Å². The van der Waals surface area contributed by atoms with Gasteiger partial charge in [-0.15, -0.1) is 11.3 Å². The lowest BCUT2D eigenvalue weighted by Crippen LogP contribution is -1.87. The SMILES string of the molecule is c1ncc(-c2ccc3cnc4c(c3c2)CCO4)s1. The Morgan fingerprint density at radius 3 is 3.11 bits per heavy atom. The quantitative estimate of drug-likeness (QED) is 0.668. The molecule has 88 valence electrons. The van der Waals surface area contributed by atoms with E-state index in [1.54, 1.807) is 11.3 Å². The first-order valence-electron chi connectivity index (χ1n) is 5.85. The number of benzene rings is 1. The van der Waals surface area contributed by atoms with Gasteiger partial charge in [-0.25, -0.2) is 4.98 Å². The van der Waals surface area contributed by atoms with Gasteiger partial charge in [0.25, 0.3) is 0 Å². The van der Waals surface area contributed by atoms with E-state index in [1.165, 1.54) is 26.8 Å². The van der Waals surface area contributed by atoms with Crippen LogP contribution in [0, 0.1) is 0 Å². The van der Waals surface area contributed by atoms with Crippen LogP contribution in [-0.4, -0.2) is 16.6 Å². The molecule has 4 heteroatoms. The second-order valence-electron chi connectivity index (χ2n) is 4.31. The zero-order valence-electron chi connectivity index (χ0n) is 9.59. The molecule has 1 aliphatic rings. The first-order chi connectivity index (χ1) is 8.92. The van der Waals surface area contributed by atoms with Crippen molar-refractivity contribution < 1.29 is 4.74 Å². The molecule has 1 aromatic carbocycles. The summed E-state index contributed by atoms with van der Waals surface area (Å²) >= 11 is 1.66. The van der Waals surface area contributed by atoms with Gasteiger partial charge in [0, 0.05) is 29.8 Å². The molecule has 3 nitrogen and oxygen atoms in total. The molecule has 0 saturated heterocycles. The Morgan fingerprint density at radius 1 is 1.22 bits per heavy atom. The number of nitrogens with zero attached hydrogens (tertiary/aromatic N) is 2. The molecular weight excluding hydrogens is 244 g/mol. The molecule has 0 spiro atoms. The minimum atomic E-state index is 0.742. The van der Waals surface area contributed by atoms with Crippen molar-refractivity contribution in [1.82, 2.24) is 9.97 Å². The fourth-order valence-corrected chi connectivity index (χ4v) is 3.00. The summed E-state index contributed by atoms with van der Waals surface area (Å²) < 4.78 is 5.52. The van der Waals surface area contributed by atoms with Crippen molar-refractivity contribution in [3.63, 3.8) is 0 Å². The van der Waals surface area contributed by atoms with Crippen LogP contribution in [0.2, 0.25) is 0 Å². The van der Waals surface area contributed by atoms with Gasteiger partial charge in [0.1, 0.15) is 0 Å². The lowest BCUT2D eigenvalue weighted by atomic mass is 10.0. The molecule has 0 saturated carbocycles. The summed E-state index contributed by atoms with van der Waals surface area (Å²) in [5, 5.41) is 2.43. The highest BCUT2D eigenvalue weighted by atomic mass is 32.1. The Bertz CT molecular complexity index is 722. The van der Waals surface area contributed by atoms with E-state index in [0.717, 1.165) is 18.9 Å². The topological polar surface area (TPSA) is 35.0 Å². The van der Waals surface area contributed by atoms with E-state index < -0.39 is 0 Å². The molecule has 0 fully saturated rings. The second-order valence-corrected chi connectivity index (χ2v) is 5.19. The van der Waals surface area contributed by atoms with E-state index in [0.29, 0.717) is 0 Å². The number of aromatic nitrogens is 2. The number of rotatable bonds is 1. The maximum atomic E-state index is 5.52. The predicted molar refractivity (Wildman–Crippen MR) is 72.1 cm³/mol. The zero-order valence-corrected chi connectivity index (χ0v) is 10.4. The average molecular weight is 254 g/mol. The Morgan fingerprint density at radius 2 is 2.22 bits per heavy atom. The molecule has 4 rings (SSSR count). The van der Waals surface area contributed by atoms with Crippen molar-refractivity contribution in [2.45, 2.75) is 6.42 Å². The van der Waals surface area contributed by atoms with Crippen LogP contribution >= 0.6 is 11.3 Å². The second kappa shape index (κ2) is 3.78. The summed E-state index contributed by atoms with van der Waals surface area (Å²) in [5.41, 5.74) is 4.31. The molecule has 18 heavy (non-hydrogen) atoms. The van der Waals surface area contributed by atoms with Crippen molar-refractivity contribution in [1.29, 1.82) is 0 Å². The van der Waals surface area contributed by atoms with Crippen molar-refractivity contribution in [3.8, 4) is 16.3 Å². The third kappa shape index (κ3) is 1.42. The molecule has 3 heterocycles.